The van der Waals surface area contributed by atoms with Gasteiger partial charge < -0.3 is 10.2 Å². The minimum atomic E-state index is -0.310. The molecule has 0 aliphatic carbocycles. The van der Waals surface area contributed by atoms with Gasteiger partial charge in [0.25, 0.3) is 0 Å². The zero-order valence-corrected chi connectivity index (χ0v) is 16.8. The summed E-state index contributed by atoms with van der Waals surface area (Å²) in [6.07, 6.45) is 0. The highest BCUT2D eigenvalue weighted by molar-refractivity contribution is 6.36. The SMILES string of the molecule is CC(=O)N(CC(=O)Nc1ccc(C(C)(C)C)cc1)c1ccc(Cl)cc1Cl. The molecule has 0 radical (unpaired) electrons. The predicted octanol–water partition coefficient (Wildman–Crippen LogP) is 5.28. The van der Waals surface area contributed by atoms with Gasteiger partial charge in [-0.15, -0.1) is 0 Å². The maximum atomic E-state index is 12.4. The Hall–Kier alpha value is -2.04. The molecule has 0 unspecified atom stereocenters. The molecule has 0 saturated heterocycles. The number of carbonyl (C=O) groups excluding carboxylic acids is 2. The smallest absolute Gasteiger partial charge is 0.244 e. The van der Waals surface area contributed by atoms with E-state index in [1.54, 1.807) is 12.1 Å². The monoisotopic (exact) mass is 392 g/mol. The number of halogens is 2. The van der Waals surface area contributed by atoms with Crippen molar-refractivity contribution in [1.29, 1.82) is 0 Å². The quantitative estimate of drug-likeness (QED) is 0.768. The average Bonchev–Trinajstić information content (AvgIpc) is 2.52. The van der Waals surface area contributed by atoms with Gasteiger partial charge in [0.05, 0.1) is 10.7 Å². The van der Waals surface area contributed by atoms with E-state index in [0.717, 1.165) is 0 Å². The van der Waals surface area contributed by atoms with Crippen molar-refractivity contribution in [3.63, 3.8) is 0 Å². The van der Waals surface area contributed by atoms with Crippen LogP contribution >= 0.6 is 23.2 Å². The molecular formula is C20H22Cl2N2O2. The van der Waals surface area contributed by atoms with Crippen molar-refractivity contribution < 1.29 is 9.59 Å². The van der Waals surface area contributed by atoms with Crippen molar-refractivity contribution in [2.45, 2.75) is 33.1 Å². The largest absolute Gasteiger partial charge is 0.325 e. The molecule has 0 heterocycles. The van der Waals surface area contributed by atoms with Gasteiger partial charge in [-0.2, -0.15) is 0 Å². The van der Waals surface area contributed by atoms with E-state index in [1.807, 2.05) is 24.3 Å². The highest BCUT2D eigenvalue weighted by atomic mass is 35.5. The van der Waals surface area contributed by atoms with Crippen LogP contribution in [0.5, 0.6) is 0 Å². The fraction of sp³-hybridized carbons (Fsp3) is 0.300. The molecule has 138 valence electrons. The molecule has 0 saturated carbocycles. The van der Waals surface area contributed by atoms with Crippen LogP contribution < -0.4 is 10.2 Å². The Balaban J connectivity index is 2.12. The molecule has 0 bridgehead atoms. The summed E-state index contributed by atoms with van der Waals surface area (Å²) in [5, 5.41) is 3.58. The number of nitrogens with zero attached hydrogens (tertiary/aromatic N) is 1. The Morgan fingerprint density at radius 3 is 2.15 bits per heavy atom. The van der Waals surface area contributed by atoms with E-state index >= 15 is 0 Å². The average molecular weight is 393 g/mol. The molecule has 0 aliphatic heterocycles. The summed E-state index contributed by atoms with van der Waals surface area (Å²) in [7, 11) is 0. The van der Waals surface area contributed by atoms with E-state index in [4.69, 9.17) is 23.2 Å². The minimum absolute atomic E-state index is 0.0410. The van der Waals surface area contributed by atoms with Crippen molar-refractivity contribution in [1.82, 2.24) is 0 Å². The van der Waals surface area contributed by atoms with Crippen LogP contribution in [0.25, 0.3) is 0 Å². The molecule has 26 heavy (non-hydrogen) atoms. The lowest BCUT2D eigenvalue weighted by molar-refractivity contribution is -0.120. The Labute approximate surface area is 164 Å². The molecule has 1 N–H and O–H groups in total. The van der Waals surface area contributed by atoms with E-state index in [-0.39, 0.29) is 23.8 Å². The highest BCUT2D eigenvalue weighted by Crippen LogP contribution is 2.29. The maximum Gasteiger partial charge on any atom is 0.244 e. The van der Waals surface area contributed by atoms with Crippen LogP contribution in [0.2, 0.25) is 10.0 Å². The van der Waals surface area contributed by atoms with E-state index < -0.39 is 0 Å². The summed E-state index contributed by atoms with van der Waals surface area (Å²) in [6, 6.07) is 12.5. The van der Waals surface area contributed by atoms with Crippen LogP contribution in [0, 0.1) is 0 Å². The minimum Gasteiger partial charge on any atom is -0.325 e. The molecule has 6 heteroatoms. The van der Waals surface area contributed by atoms with E-state index in [0.29, 0.717) is 21.4 Å². The lowest BCUT2D eigenvalue weighted by atomic mass is 9.87. The molecule has 4 nitrogen and oxygen atoms in total. The molecule has 0 aromatic heterocycles. The van der Waals surface area contributed by atoms with Gasteiger partial charge in [-0.3, -0.25) is 9.59 Å². The fourth-order valence-electron chi connectivity index (χ4n) is 2.46. The van der Waals surface area contributed by atoms with Gasteiger partial charge in [-0.1, -0.05) is 56.1 Å². The summed E-state index contributed by atoms with van der Waals surface area (Å²) in [6.45, 7) is 7.62. The van der Waals surface area contributed by atoms with Crippen LogP contribution in [0.1, 0.15) is 33.3 Å². The zero-order valence-electron chi connectivity index (χ0n) is 15.3. The zero-order chi connectivity index (χ0) is 19.5. The topological polar surface area (TPSA) is 49.4 Å². The molecule has 0 fully saturated rings. The van der Waals surface area contributed by atoms with E-state index in [1.165, 1.54) is 23.5 Å². The van der Waals surface area contributed by atoms with Gasteiger partial charge >= 0.3 is 0 Å². The van der Waals surface area contributed by atoms with Crippen molar-refractivity contribution >= 4 is 46.4 Å². The summed E-state index contributed by atoms with van der Waals surface area (Å²) in [5.41, 5.74) is 2.34. The number of carbonyl (C=O) groups is 2. The maximum absolute atomic E-state index is 12.4. The van der Waals surface area contributed by atoms with Crippen LogP contribution in [0.3, 0.4) is 0 Å². The van der Waals surface area contributed by atoms with E-state index in [9.17, 15) is 9.59 Å². The van der Waals surface area contributed by atoms with Gasteiger partial charge in [-0.05, 0) is 41.3 Å². The van der Waals surface area contributed by atoms with Crippen LogP contribution in [-0.2, 0) is 15.0 Å². The first-order valence-corrected chi connectivity index (χ1v) is 8.97. The molecular weight excluding hydrogens is 371 g/mol. The fourth-order valence-corrected chi connectivity index (χ4v) is 2.97. The number of benzene rings is 2. The van der Waals surface area contributed by atoms with Crippen molar-refractivity contribution in [3.05, 3.63) is 58.1 Å². The number of nitrogens with one attached hydrogen (secondary N) is 1. The first kappa shape index (κ1) is 20.3. The van der Waals surface area contributed by atoms with Crippen molar-refractivity contribution in [2.75, 3.05) is 16.8 Å². The summed E-state index contributed by atoms with van der Waals surface area (Å²) >= 11 is 12.1. The number of rotatable bonds is 4. The van der Waals surface area contributed by atoms with Gasteiger partial charge in [0.1, 0.15) is 6.54 Å². The van der Waals surface area contributed by atoms with Crippen LogP contribution in [-0.4, -0.2) is 18.4 Å². The van der Waals surface area contributed by atoms with Crippen LogP contribution in [0.4, 0.5) is 11.4 Å². The molecule has 0 spiro atoms. The third-order valence-corrected chi connectivity index (χ3v) is 4.45. The first-order valence-electron chi connectivity index (χ1n) is 8.21. The number of hydrogen-bond donors (Lipinski definition) is 1. The normalized spacial score (nSPS) is 11.2. The third-order valence-electron chi connectivity index (χ3n) is 3.92. The predicted molar refractivity (Wildman–Crippen MR) is 108 cm³/mol. The molecule has 2 aromatic rings. The Morgan fingerprint density at radius 1 is 1.04 bits per heavy atom. The molecule has 2 amide bonds. The van der Waals surface area contributed by atoms with E-state index in [2.05, 4.69) is 26.1 Å². The number of hydrogen-bond acceptors (Lipinski definition) is 2. The van der Waals surface area contributed by atoms with Crippen molar-refractivity contribution in [3.8, 4) is 0 Å². The Bertz CT molecular complexity index is 812. The lowest BCUT2D eigenvalue weighted by Gasteiger charge is -2.22. The van der Waals surface area contributed by atoms with Crippen LogP contribution in [0.15, 0.2) is 42.5 Å². The second kappa shape index (κ2) is 8.11. The molecule has 0 aliphatic rings. The summed E-state index contributed by atoms with van der Waals surface area (Å²) in [5.74, 6) is -0.595. The number of amides is 2. The second-order valence-electron chi connectivity index (χ2n) is 7.08. The first-order chi connectivity index (χ1) is 12.1. The highest BCUT2D eigenvalue weighted by Gasteiger charge is 2.19. The van der Waals surface area contributed by atoms with Gasteiger partial charge in [0.2, 0.25) is 11.8 Å². The number of anilines is 2. The lowest BCUT2D eigenvalue weighted by Crippen LogP contribution is -2.36. The molecule has 2 rings (SSSR count). The summed E-state index contributed by atoms with van der Waals surface area (Å²) in [4.78, 5) is 25.7. The summed E-state index contributed by atoms with van der Waals surface area (Å²) < 4.78 is 0. The molecule has 2 aromatic carbocycles. The second-order valence-corrected chi connectivity index (χ2v) is 7.92. The molecule has 0 atom stereocenters. The standard InChI is InChI=1S/C20H22Cl2N2O2/c1-13(25)24(18-10-7-15(21)11-17(18)22)12-19(26)23-16-8-5-14(6-9-16)20(2,3)4/h5-11H,12H2,1-4H3,(H,23,26). The van der Waals surface area contributed by atoms with Crippen molar-refractivity contribution in [2.24, 2.45) is 0 Å². The third kappa shape index (κ3) is 5.23. The van der Waals surface area contributed by atoms with Gasteiger partial charge in [-0.25, -0.2) is 0 Å². The Kier molecular flexibility index (Phi) is 6.32. The van der Waals surface area contributed by atoms with Gasteiger partial charge in [0.15, 0.2) is 0 Å². The van der Waals surface area contributed by atoms with Gasteiger partial charge in [0, 0.05) is 17.6 Å². The Morgan fingerprint density at radius 2 is 1.65 bits per heavy atom.